The van der Waals surface area contributed by atoms with E-state index in [1.807, 2.05) is 0 Å². The third-order valence-electron chi connectivity index (χ3n) is 2.42. The molecule has 1 N–H and O–H groups in total. The van der Waals surface area contributed by atoms with E-state index >= 15 is 0 Å². The van der Waals surface area contributed by atoms with Crippen LogP contribution in [0.25, 0.3) is 0 Å². The Morgan fingerprint density at radius 1 is 1.36 bits per heavy atom. The molecule has 0 aromatic heterocycles. The zero-order valence-electron chi connectivity index (χ0n) is 7.36. The maximum atomic E-state index is 13.3. The van der Waals surface area contributed by atoms with E-state index in [9.17, 15) is 13.9 Å². The van der Waals surface area contributed by atoms with Gasteiger partial charge in [-0.05, 0) is 30.5 Å². The predicted molar refractivity (Wildman–Crippen MR) is 49.3 cm³/mol. The Labute approximate surface area is 85.3 Å². The van der Waals surface area contributed by atoms with Crippen molar-refractivity contribution in [3.8, 4) is 0 Å². The lowest BCUT2D eigenvalue weighted by Crippen LogP contribution is -2.12. The Kier molecular flexibility index (Phi) is 2.24. The zero-order chi connectivity index (χ0) is 10.3. The molecular formula is C10H9ClF2O. The van der Waals surface area contributed by atoms with E-state index in [0.29, 0.717) is 12.8 Å². The van der Waals surface area contributed by atoms with Gasteiger partial charge >= 0.3 is 0 Å². The van der Waals surface area contributed by atoms with Gasteiger partial charge < -0.3 is 5.11 Å². The first-order chi connectivity index (χ1) is 6.50. The summed E-state index contributed by atoms with van der Waals surface area (Å²) in [6.45, 7) is 0. The van der Waals surface area contributed by atoms with Crippen LogP contribution in [0.4, 0.5) is 8.78 Å². The fourth-order valence-corrected chi connectivity index (χ4v) is 1.64. The van der Waals surface area contributed by atoms with Crippen molar-refractivity contribution in [2.24, 2.45) is 0 Å². The molecule has 1 fully saturated rings. The molecule has 14 heavy (non-hydrogen) atoms. The lowest BCUT2D eigenvalue weighted by atomic mass is 10.1. The van der Waals surface area contributed by atoms with Crippen molar-refractivity contribution in [3.05, 3.63) is 34.4 Å². The Morgan fingerprint density at radius 2 is 2.00 bits per heavy atom. The van der Waals surface area contributed by atoms with E-state index in [2.05, 4.69) is 0 Å². The lowest BCUT2D eigenvalue weighted by molar-refractivity contribution is 0.149. The summed E-state index contributed by atoms with van der Waals surface area (Å²) in [6, 6.07) is 2.01. The topological polar surface area (TPSA) is 20.2 Å². The van der Waals surface area contributed by atoms with Crippen molar-refractivity contribution in [3.63, 3.8) is 0 Å². The van der Waals surface area contributed by atoms with Crippen LogP contribution >= 0.6 is 11.6 Å². The Balaban J connectivity index is 2.32. The highest BCUT2D eigenvalue weighted by Gasteiger charge is 2.41. The second-order valence-electron chi connectivity index (χ2n) is 3.76. The minimum Gasteiger partial charge on any atom is -0.390 e. The van der Waals surface area contributed by atoms with E-state index in [-0.39, 0.29) is 17.0 Å². The molecule has 0 bridgehead atoms. The van der Waals surface area contributed by atoms with Crippen LogP contribution in [0.5, 0.6) is 0 Å². The molecule has 0 heterocycles. The fraction of sp³-hybridized carbons (Fsp3) is 0.400. The number of halogens is 3. The van der Waals surface area contributed by atoms with Crippen LogP contribution in [-0.4, -0.2) is 10.7 Å². The molecule has 1 aliphatic carbocycles. The van der Waals surface area contributed by atoms with Gasteiger partial charge in [0.1, 0.15) is 11.6 Å². The highest BCUT2D eigenvalue weighted by molar-refractivity contribution is 6.30. The Morgan fingerprint density at radius 3 is 2.57 bits per heavy atom. The summed E-state index contributed by atoms with van der Waals surface area (Å²) in [6.07, 6.45) is 1.41. The Hall–Kier alpha value is -0.670. The van der Waals surface area contributed by atoms with E-state index in [0.717, 1.165) is 12.1 Å². The zero-order valence-corrected chi connectivity index (χ0v) is 8.11. The molecule has 0 unspecified atom stereocenters. The predicted octanol–water partition coefficient (Wildman–Crippen LogP) is 2.69. The maximum absolute atomic E-state index is 13.3. The standard InChI is InChI=1S/C10H9ClF2O/c11-8-4-7(12)3-6(9(8)13)5-10(14)1-2-10/h3-4,14H,1-2,5H2. The van der Waals surface area contributed by atoms with Crippen LogP contribution in [0.1, 0.15) is 18.4 Å². The van der Waals surface area contributed by atoms with Gasteiger partial charge in [-0.15, -0.1) is 0 Å². The summed E-state index contributed by atoms with van der Waals surface area (Å²) in [5.41, 5.74) is -0.687. The van der Waals surface area contributed by atoms with Gasteiger partial charge in [0.2, 0.25) is 0 Å². The first-order valence-corrected chi connectivity index (χ1v) is 4.74. The highest BCUT2D eigenvalue weighted by Crippen LogP contribution is 2.39. The quantitative estimate of drug-likeness (QED) is 0.757. The molecule has 76 valence electrons. The second-order valence-corrected chi connectivity index (χ2v) is 4.17. The maximum Gasteiger partial charge on any atom is 0.145 e. The highest BCUT2D eigenvalue weighted by atomic mass is 35.5. The molecule has 0 saturated heterocycles. The smallest absolute Gasteiger partial charge is 0.145 e. The van der Waals surface area contributed by atoms with Crippen molar-refractivity contribution < 1.29 is 13.9 Å². The van der Waals surface area contributed by atoms with Crippen molar-refractivity contribution in [2.45, 2.75) is 24.9 Å². The van der Waals surface area contributed by atoms with E-state index in [1.54, 1.807) is 0 Å². The first-order valence-electron chi connectivity index (χ1n) is 4.36. The molecule has 0 aliphatic heterocycles. The molecule has 1 aromatic carbocycles. The summed E-state index contributed by atoms with van der Waals surface area (Å²) in [5.74, 6) is -1.20. The van der Waals surface area contributed by atoms with Gasteiger partial charge in [0.25, 0.3) is 0 Å². The van der Waals surface area contributed by atoms with Crippen LogP contribution < -0.4 is 0 Å². The average molecular weight is 219 g/mol. The van der Waals surface area contributed by atoms with Crippen molar-refractivity contribution in [1.29, 1.82) is 0 Å². The number of hydrogen-bond acceptors (Lipinski definition) is 1. The number of aliphatic hydroxyl groups is 1. The monoisotopic (exact) mass is 218 g/mol. The molecule has 2 rings (SSSR count). The summed E-state index contributed by atoms with van der Waals surface area (Å²) >= 11 is 5.47. The molecule has 1 saturated carbocycles. The van der Waals surface area contributed by atoms with Gasteiger partial charge in [-0.2, -0.15) is 0 Å². The second kappa shape index (κ2) is 3.17. The van der Waals surface area contributed by atoms with E-state index in [4.69, 9.17) is 11.6 Å². The van der Waals surface area contributed by atoms with Crippen molar-refractivity contribution in [1.82, 2.24) is 0 Å². The van der Waals surface area contributed by atoms with E-state index in [1.165, 1.54) is 0 Å². The van der Waals surface area contributed by atoms with Gasteiger partial charge in [-0.3, -0.25) is 0 Å². The SMILES string of the molecule is OC1(Cc2cc(F)cc(Cl)c2F)CC1. The van der Waals surface area contributed by atoms with Crippen LogP contribution in [0.15, 0.2) is 12.1 Å². The molecular weight excluding hydrogens is 210 g/mol. The summed E-state index contributed by atoms with van der Waals surface area (Å²) in [5, 5.41) is 9.32. The minimum absolute atomic E-state index is 0.135. The third kappa shape index (κ3) is 1.88. The molecule has 4 heteroatoms. The largest absolute Gasteiger partial charge is 0.390 e. The minimum atomic E-state index is -0.835. The average Bonchev–Trinajstić information content (AvgIpc) is 2.79. The number of rotatable bonds is 2. The summed E-state index contributed by atoms with van der Waals surface area (Å²) < 4.78 is 26.2. The van der Waals surface area contributed by atoms with Gasteiger partial charge in [-0.25, -0.2) is 8.78 Å². The van der Waals surface area contributed by atoms with E-state index < -0.39 is 17.2 Å². The fourth-order valence-electron chi connectivity index (χ4n) is 1.41. The molecule has 0 amide bonds. The van der Waals surface area contributed by atoms with Crippen LogP contribution in [0, 0.1) is 11.6 Å². The van der Waals surface area contributed by atoms with Gasteiger partial charge in [0, 0.05) is 6.42 Å². The summed E-state index contributed by atoms with van der Waals surface area (Å²) in [7, 11) is 0. The number of benzene rings is 1. The molecule has 1 aliphatic rings. The van der Waals surface area contributed by atoms with Crippen molar-refractivity contribution >= 4 is 11.6 Å². The normalized spacial score (nSPS) is 18.3. The molecule has 0 atom stereocenters. The van der Waals surface area contributed by atoms with Gasteiger partial charge in [0.05, 0.1) is 10.6 Å². The number of hydrogen-bond donors (Lipinski definition) is 1. The molecule has 0 radical (unpaired) electrons. The third-order valence-corrected chi connectivity index (χ3v) is 2.69. The Bertz CT molecular complexity index is 375. The van der Waals surface area contributed by atoms with Crippen molar-refractivity contribution in [2.75, 3.05) is 0 Å². The van der Waals surface area contributed by atoms with Crippen LogP contribution in [0.3, 0.4) is 0 Å². The van der Waals surface area contributed by atoms with Gasteiger partial charge in [-0.1, -0.05) is 11.6 Å². The lowest BCUT2D eigenvalue weighted by Gasteiger charge is -2.09. The molecule has 0 spiro atoms. The molecule has 1 aromatic rings. The van der Waals surface area contributed by atoms with Crippen LogP contribution in [-0.2, 0) is 6.42 Å². The summed E-state index contributed by atoms with van der Waals surface area (Å²) in [4.78, 5) is 0. The molecule has 1 nitrogen and oxygen atoms in total. The van der Waals surface area contributed by atoms with Crippen LogP contribution in [0.2, 0.25) is 5.02 Å². The van der Waals surface area contributed by atoms with Gasteiger partial charge in [0.15, 0.2) is 0 Å². The first kappa shape index (κ1) is 9.87.